The summed E-state index contributed by atoms with van der Waals surface area (Å²) in [6.07, 6.45) is 0. The molecule has 3 aromatic rings. The van der Waals surface area contributed by atoms with E-state index < -0.39 is 0 Å². The number of thiazole rings is 1. The molecule has 2 aromatic carbocycles. The van der Waals surface area contributed by atoms with E-state index in [1.165, 1.54) is 16.2 Å². The van der Waals surface area contributed by atoms with E-state index in [0.717, 1.165) is 10.4 Å². The number of nitrogens with one attached hydrogen (secondary N) is 1. The number of carbonyl (C=O) groups excluding carboxylic acids is 2. The summed E-state index contributed by atoms with van der Waals surface area (Å²) in [5.41, 5.74) is 2.13. The molecule has 148 valence electrons. The first-order valence-electron chi connectivity index (χ1n) is 9.07. The van der Waals surface area contributed by atoms with Gasteiger partial charge >= 0.3 is 6.03 Å². The van der Waals surface area contributed by atoms with Crippen molar-refractivity contribution < 1.29 is 14.3 Å². The number of ether oxygens (including phenoxy) is 1. The number of hydrogen-bond donors (Lipinski definition) is 1. The minimum atomic E-state index is -0.334. The second-order valence-corrected chi connectivity index (χ2v) is 7.70. The molecule has 2 heterocycles. The highest BCUT2D eigenvalue weighted by molar-refractivity contribution is 7.16. The fraction of sp³-hybridized carbons (Fsp3) is 0.190. The Morgan fingerprint density at radius 2 is 2.03 bits per heavy atom. The lowest BCUT2D eigenvalue weighted by Gasteiger charge is -2.17. The van der Waals surface area contributed by atoms with Gasteiger partial charge in [0, 0.05) is 25.3 Å². The van der Waals surface area contributed by atoms with Crippen molar-refractivity contribution in [2.45, 2.75) is 13.1 Å². The van der Waals surface area contributed by atoms with E-state index in [-0.39, 0.29) is 11.9 Å². The zero-order valence-corrected chi connectivity index (χ0v) is 16.9. The first-order chi connectivity index (χ1) is 14.0. The molecular formula is C21H20N4O3S. The van der Waals surface area contributed by atoms with Crippen molar-refractivity contribution in [3.05, 3.63) is 70.7 Å². The molecule has 29 heavy (non-hydrogen) atoms. The van der Waals surface area contributed by atoms with Crippen LogP contribution in [0.3, 0.4) is 0 Å². The van der Waals surface area contributed by atoms with Crippen molar-refractivity contribution in [2.75, 3.05) is 24.4 Å². The van der Waals surface area contributed by atoms with Crippen molar-refractivity contribution in [1.29, 1.82) is 0 Å². The number of urea groups is 1. The third kappa shape index (κ3) is 3.93. The number of methoxy groups -OCH3 is 1. The summed E-state index contributed by atoms with van der Waals surface area (Å²) in [6, 6.07) is 16.6. The standard InChI is InChI=1S/C21H20N4O3S/c1-24(20(27)22-15-9-6-10-16(11-15)28-2)21-23-18-17(29-21)13-25(19(18)26)12-14-7-4-3-5-8-14/h3-11H,12-13H2,1-2H3,(H,22,27). The van der Waals surface area contributed by atoms with Gasteiger partial charge in [0.05, 0.1) is 18.5 Å². The van der Waals surface area contributed by atoms with Gasteiger partial charge in [-0.1, -0.05) is 47.7 Å². The van der Waals surface area contributed by atoms with Crippen LogP contribution in [0.5, 0.6) is 5.75 Å². The van der Waals surface area contributed by atoms with Gasteiger partial charge in [0.2, 0.25) is 0 Å². The SMILES string of the molecule is COc1cccc(NC(=O)N(C)c2nc3c(s2)CN(Cc2ccccc2)C3=O)c1. The van der Waals surface area contributed by atoms with Gasteiger partial charge in [-0.15, -0.1) is 0 Å². The highest BCUT2D eigenvalue weighted by atomic mass is 32.1. The van der Waals surface area contributed by atoms with Gasteiger partial charge < -0.3 is 15.0 Å². The van der Waals surface area contributed by atoms with Crippen molar-refractivity contribution in [3.8, 4) is 5.75 Å². The number of anilines is 2. The lowest BCUT2D eigenvalue weighted by Crippen LogP contribution is -2.31. The molecule has 8 heteroatoms. The van der Waals surface area contributed by atoms with Crippen LogP contribution in [0.2, 0.25) is 0 Å². The number of amides is 3. The van der Waals surface area contributed by atoms with E-state index in [9.17, 15) is 9.59 Å². The summed E-state index contributed by atoms with van der Waals surface area (Å²) in [4.78, 5) is 33.8. The van der Waals surface area contributed by atoms with E-state index >= 15 is 0 Å². The van der Waals surface area contributed by atoms with Gasteiger partial charge in [0.1, 0.15) is 11.4 Å². The number of nitrogens with zero attached hydrogens (tertiary/aromatic N) is 3. The summed E-state index contributed by atoms with van der Waals surface area (Å²) in [5.74, 6) is 0.552. The maximum Gasteiger partial charge on any atom is 0.327 e. The molecule has 1 N–H and O–H groups in total. The van der Waals surface area contributed by atoms with Crippen molar-refractivity contribution in [2.24, 2.45) is 0 Å². The fourth-order valence-electron chi connectivity index (χ4n) is 3.08. The van der Waals surface area contributed by atoms with E-state index in [0.29, 0.717) is 35.4 Å². The third-order valence-corrected chi connectivity index (χ3v) is 5.76. The highest BCUT2D eigenvalue weighted by Gasteiger charge is 2.33. The summed E-state index contributed by atoms with van der Waals surface area (Å²) in [7, 11) is 3.21. The van der Waals surface area contributed by atoms with Gasteiger partial charge in [-0.05, 0) is 17.7 Å². The van der Waals surface area contributed by atoms with Gasteiger partial charge in [0.25, 0.3) is 5.91 Å². The molecule has 3 amide bonds. The molecule has 0 spiro atoms. The Kier molecular flexibility index (Phi) is 5.18. The fourth-order valence-corrected chi connectivity index (χ4v) is 4.11. The van der Waals surface area contributed by atoms with E-state index in [4.69, 9.17) is 4.74 Å². The normalized spacial score (nSPS) is 12.6. The molecule has 0 aliphatic carbocycles. The maximum absolute atomic E-state index is 12.7. The second-order valence-electron chi connectivity index (χ2n) is 6.64. The van der Waals surface area contributed by atoms with E-state index in [1.807, 2.05) is 30.3 Å². The molecular weight excluding hydrogens is 388 g/mol. The minimum Gasteiger partial charge on any atom is -0.497 e. The minimum absolute atomic E-state index is 0.104. The van der Waals surface area contributed by atoms with Gasteiger partial charge in [-0.3, -0.25) is 9.69 Å². The number of carbonyl (C=O) groups is 2. The first-order valence-corrected chi connectivity index (χ1v) is 9.88. The molecule has 0 saturated heterocycles. The van der Waals surface area contributed by atoms with Crippen molar-refractivity contribution in [3.63, 3.8) is 0 Å². The average molecular weight is 408 g/mol. The lowest BCUT2D eigenvalue weighted by atomic mass is 10.2. The molecule has 1 aliphatic rings. The van der Waals surface area contributed by atoms with Gasteiger partial charge in [-0.25, -0.2) is 9.78 Å². The molecule has 0 unspecified atom stereocenters. The van der Waals surface area contributed by atoms with Crippen molar-refractivity contribution in [1.82, 2.24) is 9.88 Å². The van der Waals surface area contributed by atoms with Crippen LogP contribution in [0.15, 0.2) is 54.6 Å². The number of fused-ring (bicyclic) bond motifs is 1. The molecule has 7 nitrogen and oxygen atoms in total. The van der Waals surface area contributed by atoms with Gasteiger partial charge in [-0.2, -0.15) is 0 Å². The van der Waals surface area contributed by atoms with Gasteiger partial charge in [0.15, 0.2) is 5.13 Å². The molecule has 0 fully saturated rings. The van der Waals surface area contributed by atoms with Crippen LogP contribution in [0.4, 0.5) is 15.6 Å². The molecule has 1 aliphatic heterocycles. The Hall–Kier alpha value is -3.39. The Balaban J connectivity index is 1.44. The summed E-state index contributed by atoms with van der Waals surface area (Å²) in [6.45, 7) is 1.05. The highest BCUT2D eigenvalue weighted by Crippen LogP contribution is 2.33. The Morgan fingerprint density at radius 3 is 2.76 bits per heavy atom. The number of benzene rings is 2. The number of rotatable bonds is 5. The van der Waals surface area contributed by atoms with Crippen LogP contribution >= 0.6 is 11.3 Å². The van der Waals surface area contributed by atoms with E-state index in [1.54, 1.807) is 43.3 Å². The zero-order valence-electron chi connectivity index (χ0n) is 16.1. The number of aromatic nitrogens is 1. The quantitative estimate of drug-likeness (QED) is 0.693. The molecule has 0 saturated carbocycles. The Morgan fingerprint density at radius 1 is 1.24 bits per heavy atom. The zero-order chi connectivity index (χ0) is 20.4. The van der Waals surface area contributed by atoms with Crippen LogP contribution in [0, 0.1) is 0 Å². The average Bonchev–Trinajstić information content (AvgIpc) is 3.28. The van der Waals surface area contributed by atoms with Crippen molar-refractivity contribution >= 4 is 34.1 Å². The Labute approximate surface area is 172 Å². The smallest absolute Gasteiger partial charge is 0.327 e. The van der Waals surface area contributed by atoms with Crippen LogP contribution in [0.1, 0.15) is 20.9 Å². The maximum atomic E-state index is 12.7. The molecule has 0 radical (unpaired) electrons. The number of hydrogen-bond acceptors (Lipinski definition) is 5. The van der Waals surface area contributed by atoms with Crippen LogP contribution < -0.4 is 15.0 Å². The molecule has 4 rings (SSSR count). The van der Waals surface area contributed by atoms with Crippen LogP contribution in [-0.2, 0) is 13.1 Å². The summed E-state index contributed by atoms with van der Waals surface area (Å²) >= 11 is 1.36. The topological polar surface area (TPSA) is 74.8 Å². The third-order valence-electron chi connectivity index (χ3n) is 4.64. The summed E-state index contributed by atoms with van der Waals surface area (Å²) in [5, 5.41) is 3.30. The van der Waals surface area contributed by atoms with E-state index in [2.05, 4.69) is 10.3 Å². The molecule has 1 aromatic heterocycles. The monoisotopic (exact) mass is 408 g/mol. The lowest BCUT2D eigenvalue weighted by molar-refractivity contribution is 0.0762. The predicted molar refractivity (Wildman–Crippen MR) is 113 cm³/mol. The molecule has 0 atom stereocenters. The largest absolute Gasteiger partial charge is 0.497 e. The van der Waals surface area contributed by atoms with Crippen LogP contribution in [-0.4, -0.2) is 36.0 Å². The Bertz CT molecular complexity index is 1050. The second kappa shape index (κ2) is 7.92. The molecule has 0 bridgehead atoms. The predicted octanol–water partition coefficient (Wildman–Crippen LogP) is 3.98. The summed E-state index contributed by atoms with van der Waals surface area (Å²) < 4.78 is 5.17. The van der Waals surface area contributed by atoms with Crippen LogP contribution in [0.25, 0.3) is 0 Å². The first kappa shape index (κ1) is 18.9.